The second-order valence-corrected chi connectivity index (χ2v) is 7.26. The highest BCUT2D eigenvalue weighted by Crippen LogP contribution is 2.31. The molecule has 2 aromatic rings. The van der Waals surface area contributed by atoms with E-state index < -0.39 is 10.1 Å². The molecule has 2 rings (SSSR count). The van der Waals surface area contributed by atoms with E-state index in [1.54, 1.807) is 25.1 Å². The highest BCUT2D eigenvalue weighted by Gasteiger charge is 2.23. The Bertz CT molecular complexity index is 785. The molecule has 0 saturated carbocycles. The molecule has 0 aliphatic heterocycles. The number of ether oxygens (including phenoxy) is 1. The van der Waals surface area contributed by atoms with Crippen molar-refractivity contribution in [2.24, 2.45) is 0 Å². The summed E-state index contributed by atoms with van der Waals surface area (Å²) in [5.74, 6) is 0.587. The Morgan fingerprint density at radius 1 is 1.05 bits per heavy atom. The van der Waals surface area contributed by atoms with Gasteiger partial charge in [0.25, 0.3) is 0 Å². The number of rotatable bonds is 5. The summed E-state index contributed by atoms with van der Waals surface area (Å²) in [6, 6.07) is 10.1. The molecule has 2 aromatic carbocycles. The van der Waals surface area contributed by atoms with Crippen LogP contribution in [0.15, 0.2) is 45.8 Å². The van der Waals surface area contributed by atoms with Crippen molar-refractivity contribution in [3.8, 4) is 11.5 Å². The fraction of sp³-hybridized carbons (Fsp3) is 0.250. The lowest BCUT2D eigenvalue weighted by Gasteiger charge is -2.13. The second-order valence-electron chi connectivity index (χ2n) is 4.83. The van der Waals surface area contributed by atoms with Gasteiger partial charge in [-0.15, -0.1) is 0 Å². The zero-order valence-corrected chi connectivity index (χ0v) is 15.0. The molecule has 4 nitrogen and oxygen atoms in total. The summed E-state index contributed by atoms with van der Waals surface area (Å²) in [5.41, 5.74) is 1.80. The third kappa shape index (κ3) is 3.81. The lowest BCUT2D eigenvalue weighted by atomic mass is 10.1. The Hall–Kier alpha value is -1.53. The fourth-order valence-electron chi connectivity index (χ4n) is 2.01. The fourth-order valence-corrected chi connectivity index (χ4v) is 3.68. The van der Waals surface area contributed by atoms with Crippen LogP contribution in [0, 0.1) is 13.8 Å². The Morgan fingerprint density at radius 3 is 2.36 bits per heavy atom. The second kappa shape index (κ2) is 6.71. The van der Waals surface area contributed by atoms with Gasteiger partial charge in [0.15, 0.2) is 0 Å². The van der Waals surface area contributed by atoms with Gasteiger partial charge in [-0.05, 0) is 50.6 Å². The predicted octanol–water partition coefficient (Wildman–Crippen LogP) is 4.23. The Balaban J connectivity index is 2.44. The molecule has 0 heterocycles. The minimum Gasteiger partial charge on any atom is -0.492 e. The number of hydrogen-bond acceptors (Lipinski definition) is 4. The SMILES string of the molecule is CCOc1ccc(Br)cc1S(=O)(=O)Oc1ccc(C)cc1C. The number of aryl methyl sites for hydroxylation is 2. The van der Waals surface area contributed by atoms with Crippen LogP contribution in [0.25, 0.3) is 0 Å². The molecule has 0 aromatic heterocycles. The van der Waals surface area contributed by atoms with Crippen molar-refractivity contribution in [3.63, 3.8) is 0 Å². The maximum Gasteiger partial charge on any atom is 0.342 e. The minimum absolute atomic E-state index is 0.00343. The third-order valence-electron chi connectivity index (χ3n) is 3.00. The van der Waals surface area contributed by atoms with Crippen molar-refractivity contribution in [2.75, 3.05) is 6.61 Å². The molecule has 0 aliphatic carbocycles. The third-order valence-corrected chi connectivity index (χ3v) is 4.75. The summed E-state index contributed by atoms with van der Waals surface area (Å²) in [6.45, 7) is 5.91. The van der Waals surface area contributed by atoms with Crippen LogP contribution in [0.3, 0.4) is 0 Å². The van der Waals surface area contributed by atoms with E-state index in [0.717, 1.165) is 11.1 Å². The lowest BCUT2D eigenvalue weighted by Crippen LogP contribution is -2.12. The van der Waals surface area contributed by atoms with E-state index in [-0.39, 0.29) is 10.6 Å². The molecule has 22 heavy (non-hydrogen) atoms. The molecule has 0 bridgehead atoms. The van der Waals surface area contributed by atoms with Gasteiger partial charge >= 0.3 is 10.1 Å². The van der Waals surface area contributed by atoms with Crippen molar-refractivity contribution in [1.82, 2.24) is 0 Å². The molecule has 6 heteroatoms. The molecule has 0 unspecified atom stereocenters. The zero-order valence-electron chi connectivity index (χ0n) is 12.6. The Morgan fingerprint density at radius 2 is 1.73 bits per heavy atom. The molecule has 0 N–H and O–H groups in total. The van der Waals surface area contributed by atoms with Crippen molar-refractivity contribution in [3.05, 3.63) is 52.0 Å². The van der Waals surface area contributed by atoms with E-state index in [2.05, 4.69) is 15.9 Å². The van der Waals surface area contributed by atoms with E-state index >= 15 is 0 Å². The van der Waals surface area contributed by atoms with Crippen LogP contribution in [0.1, 0.15) is 18.1 Å². The van der Waals surface area contributed by atoms with Crippen molar-refractivity contribution >= 4 is 26.0 Å². The monoisotopic (exact) mass is 384 g/mol. The standard InChI is InChI=1S/C16H17BrO4S/c1-4-20-15-8-6-13(17)10-16(15)22(18,19)21-14-7-5-11(2)9-12(14)3/h5-10H,4H2,1-3H3. The van der Waals surface area contributed by atoms with Gasteiger partial charge in [0.2, 0.25) is 0 Å². The molecule has 0 amide bonds. The Kier molecular flexibility index (Phi) is 5.13. The highest BCUT2D eigenvalue weighted by molar-refractivity contribution is 9.10. The first kappa shape index (κ1) is 16.8. The molecular formula is C16H17BrO4S. The van der Waals surface area contributed by atoms with Crippen LogP contribution in [0.5, 0.6) is 11.5 Å². The summed E-state index contributed by atoms with van der Waals surface area (Å²) in [7, 11) is -3.98. The van der Waals surface area contributed by atoms with Crippen LogP contribution in [-0.4, -0.2) is 15.0 Å². The van der Waals surface area contributed by atoms with Crippen LogP contribution >= 0.6 is 15.9 Å². The largest absolute Gasteiger partial charge is 0.492 e. The molecule has 0 fully saturated rings. The van der Waals surface area contributed by atoms with Gasteiger partial charge in [0.05, 0.1) is 6.61 Å². The first-order valence-corrected chi connectivity index (χ1v) is 8.97. The molecule has 118 valence electrons. The molecule has 0 spiro atoms. The van der Waals surface area contributed by atoms with Crippen molar-refractivity contribution in [1.29, 1.82) is 0 Å². The molecule has 0 aliphatic rings. The van der Waals surface area contributed by atoms with Gasteiger partial charge in [0, 0.05) is 4.47 Å². The van der Waals surface area contributed by atoms with Crippen LogP contribution in [0.2, 0.25) is 0 Å². The first-order valence-electron chi connectivity index (χ1n) is 6.77. The van der Waals surface area contributed by atoms with E-state index in [0.29, 0.717) is 16.8 Å². The maximum atomic E-state index is 12.6. The predicted molar refractivity (Wildman–Crippen MR) is 89.0 cm³/mol. The van der Waals surface area contributed by atoms with Crippen molar-refractivity contribution in [2.45, 2.75) is 25.7 Å². The van der Waals surface area contributed by atoms with Gasteiger partial charge in [-0.2, -0.15) is 8.42 Å². The van der Waals surface area contributed by atoms with Crippen LogP contribution in [0.4, 0.5) is 0 Å². The van der Waals surface area contributed by atoms with Gasteiger partial charge in [-0.3, -0.25) is 0 Å². The summed E-state index contributed by atoms with van der Waals surface area (Å²) in [6.07, 6.45) is 0. The molecule has 0 atom stereocenters. The van der Waals surface area contributed by atoms with Gasteiger partial charge in [-0.1, -0.05) is 33.6 Å². The zero-order chi connectivity index (χ0) is 16.3. The van der Waals surface area contributed by atoms with E-state index in [4.69, 9.17) is 8.92 Å². The number of halogens is 1. The molecular weight excluding hydrogens is 368 g/mol. The van der Waals surface area contributed by atoms with Crippen molar-refractivity contribution < 1.29 is 17.3 Å². The topological polar surface area (TPSA) is 52.6 Å². The average Bonchev–Trinajstić information content (AvgIpc) is 2.44. The van der Waals surface area contributed by atoms with Crippen LogP contribution < -0.4 is 8.92 Å². The van der Waals surface area contributed by atoms with E-state index in [9.17, 15) is 8.42 Å². The minimum atomic E-state index is -3.98. The quantitative estimate of drug-likeness (QED) is 0.723. The van der Waals surface area contributed by atoms with Gasteiger partial charge in [-0.25, -0.2) is 0 Å². The normalized spacial score (nSPS) is 11.3. The molecule has 0 radical (unpaired) electrons. The molecule has 0 saturated heterocycles. The maximum absolute atomic E-state index is 12.6. The van der Waals surface area contributed by atoms with Crippen LogP contribution in [-0.2, 0) is 10.1 Å². The summed E-state index contributed by atoms with van der Waals surface area (Å²) < 4.78 is 36.4. The van der Waals surface area contributed by atoms with Gasteiger partial charge < -0.3 is 8.92 Å². The van der Waals surface area contributed by atoms with E-state index in [1.807, 2.05) is 26.0 Å². The smallest absolute Gasteiger partial charge is 0.342 e. The summed E-state index contributed by atoms with van der Waals surface area (Å²) in [5, 5.41) is 0. The lowest BCUT2D eigenvalue weighted by molar-refractivity contribution is 0.329. The van der Waals surface area contributed by atoms with E-state index in [1.165, 1.54) is 6.07 Å². The number of hydrogen-bond donors (Lipinski definition) is 0. The number of benzene rings is 2. The highest BCUT2D eigenvalue weighted by atomic mass is 79.9. The Labute approximate surface area is 139 Å². The first-order chi connectivity index (χ1) is 10.3. The van der Waals surface area contributed by atoms with Gasteiger partial charge in [0.1, 0.15) is 16.4 Å². The summed E-state index contributed by atoms with van der Waals surface area (Å²) in [4.78, 5) is 0.00343. The summed E-state index contributed by atoms with van der Waals surface area (Å²) >= 11 is 3.27. The average molecular weight is 385 g/mol.